The fraction of sp³-hybridized carbons (Fsp3) is 0.533. The topological polar surface area (TPSA) is 46.3 Å². The predicted molar refractivity (Wildman–Crippen MR) is 73.2 cm³/mol. The molecule has 2 rings (SSSR count). The van der Waals surface area contributed by atoms with Crippen LogP contribution in [-0.2, 0) is 10.2 Å². The van der Waals surface area contributed by atoms with E-state index in [0.717, 1.165) is 25.1 Å². The summed E-state index contributed by atoms with van der Waals surface area (Å²) in [6.07, 6.45) is 0.892. The van der Waals surface area contributed by atoms with Gasteiger partial charge in [-0.2, -0.15) is 0 Å². The Kier molecular flexibility index (Phi) is 3.71. The summed E-state index contributed by atoms with van der Waals surface area (Å²) in [5.41, 5.74) is 6.57. The van der Waals surface area contributed by atoms with Crippen molar-refractivity contribution >= 4 is 5.91 Å². The van der Waals surface area contributed by atoms with Gasteiger partial charge >= 0.3 is 0 Å². The molecule has 0 saturated heterocycles. The molecule has 0 radical (unpaired) electrons. The number of hydrogen-bond donors (Lipinski definition) is 1. The van der Waals surface area contributed by atoms with Crippen LogP contribution in [0.1, 0.15) is 25.8 Å². The molecular formula is C15H22N2O. The van der Waals surface area contributed by atoms with Crippen molar-refractivity contribution in [1.82, 2.24) is 4.90 Å². The maximum Gasteiger partial charge on any atom is 0.233 e. The van der Waals surface area contributed by atoms with Crippen LogP contribution in [0.25, 0.3) is 0 Å². The Morgan fingerprint density at radius 2 is 1.94 bits per heavy atom. The molecule has 0 aromatic heterocycles. The SMILES string of the molecule is CCN(CC)C(=O)[C@@]1(c2ccccc2)CC1CN. The number of rotatable bonds is 5. The van der Waals surface area contributed by atoms with Gasteiger partial charge in [0.1, 0.15) is 0 Å². The molecule has 0 aliphatic heterocycles. The van der Waals surface area contributed by atoms with E-state index in [9.17, 15) is 4.79 Å². The monoisotopic (exact) mass is 246 g/mol. The second-order valence-electron chi connectivity index (χ2n) is 4.95. The molecule has 3 nitrogen and oxygen atoms in total. The summed E-state index contributed by atoms with van der Waals surface area (Å²) in [5, 5.41) is 0. The largest absolute Gasteiger partial charge is 0.342 e. The van der Waals surface area contributed by atoms with Crippen molar-refractivity contribution in [3.63, 3.8) is 0 Å². The number of nitrogens with two attached hydrogens (primary N) is 1. The van der Waals surface area contributed by atoms with Crippen molar-refractivity contribution in [3.05, 3.63) is 35.9 Å². The third-order valence-corrected chi connectivity index (χ3v) is 4.11. The fourth-order valence-corrected chi connectivity index (χ4v) is 2.88. The molecule has 2 atom stereocenters. The highest BCUT2D eigenvalue weighted by Gasteiger charge is 2.61. The lowest BCUT2D eigenvalue weighted by atomic mass is 9.91. The summed E-state index contributed by atoms with van der Waals surface area (Å²) in [5.74, 6) is 0.544. The normalized spacial score (nSPS) is 25.8. The molecule has 0 spiro atoms. The van der Waals surface area contributed by atoms with Gasteiger partial charge in [-0.3, -0.25) is 4.79 Å². The molecule has 0 bridgehead atoms. The average Bonchev–Trinajstić information content (AvgIpc) is 3.17. The summed E-state index contributed by atoms with van der Waals surface area (Å²) in [4.78, 5) is 14.6. The molecule has 0 heterocycles. The summed E-state index contributed by atoms with van der Waals surface area (Å²) >= 11 is 0. The smallest absolute Gasteiger partial charge is 0.233 e. The Balaban J connectivity index is 2.32. The van der Waals surface area contributed by atoms with Crippen LogP contribution < -0.4 is 5.73 Å². The minimum absolute atomic E-state index is 0.245. The molecule has 1 unspecified atom stereocenters. The molecule has 3 heteroatoms. The van der Waals surface area contributed by atoms with Crippen molar-refractivity contribution in [1.29, 1.82) is 0 Å². The second kappa shape index (κ2) is 5.11. The molecule has 98 valence electrons. The van der Waals surface area contributed by atoms with E-state index in [1.54, 1.807) is 0 Å². The molecule has 1 saturated carbocycles. The van der Waals surface area contributed by atoms with Gasteiger partial charge in [0.25, 0.3) is 0 Å². The van der Waals surface area contributed by atoms with E-state index >= 15 is 0 Å². The van der Waals surface area contributed by atoms with Gasteiger partial charge < -0.3 is 10.6 Å². The van der Waals surface area contributed by atoms with Gasteiger partial charge in [0.2, 0.25) is 5.91 Å². The lowest BCUT2D eigenvalue weighted by Gasteiger charge is -2.26. The van der Waals surface area contributed by atoms with E-state index in [2.05, 4.69) is 12.1 Å². The highest BCUT2D eigenvalue weighted by Crippen LogP contribution is 2.54. The Hall–Kier alpha value is -1.35. The van der Waals surface area contributed by atoms with E-state index in [1.165, 1.54) is 0 Å². The van der Waals surface area contributed by atoms with Gasteiger partial charge in [-0.25, -0.2) is 0 Å². The molecule has 1 amide bonds. The first-order chi connectivity index (χ1) is 8.70. The summed E-state index contributed by atoms with van der Waals surface area (Å²) in [6.45, 7) is 6.17. The third-order valence-electron chi connectivity index (χ3n) is 4.11. The summed E-state index contributed by atoms with van der Waals surface area (Å²) in [6, 6.07) is 10.1. The van der Waals surface area contributed by atoms with Crippen molar-refractivity contribution in [2.45, 2.75) is 25.7 Å². The third kappa shape index (κ3) is 1.93. The van der Waals surface area contributed by atoms with E-state index in [0.29, 0.717) is 12.5 Å². The van der Waals surface area contributed by atoms with Gasteiger partial charge in [-0.05, 0) is 38.3 Å². The zero-order chi connectivity index (χ0) is 13.2. The number of amides is 1. The zero-order valence-corrected chi connectivity index (χ0v) is 11.2. The van der Waals surface area contributed by atoms with Gasteiger partial charge in [0.05, 0.1) is 5.41 Å². The van der Waals surface area contributed by atoms with Crippen LogP contribution in [0.5, 0.6) is 0 Å². The van der Waals surface area contributed by atoms with Crippen molar-refractivity contribution < 1.29 is 4.79 Å². The molecule has 1 aliphatic rings. The van der Waals surface area contributed by atoms with E-state index in [4.69, 9.17) is 5.73 Å². The van der Waals surface area contributed by atoms with Crippen molar-refractivity contribution in [2.24, 2.45) is 11.7 Å². The Labute approximate surface area is 109 Å². The molecule has 18 heavy (non-hydrogen) atoms. The quantitative estimate of drug-likeness (QED) is 0.860. The lowest BCUT2D eigenvalue weighted by molar-refractivity contribution is -0.134. The molecular weight excluding hydrogens is 224 g/mol. The van der Waals surface area contributed by atoms with Gasteiger partial charge in [-0.1, -0.05) is 30.3 Å². The van der Waals surface area contributed by atoms with Crippen LogP contribution in [0.4, 0.5) is 0 Å². The van der Waals surface area contributed by atoms with E-state index < -0.39 is 0 Å². The molecule has 1 aromatic carbocycles. The summed E-state index contributed by atoms with van der Waals surface area (Å²) in [7, 11) is 0. The van der Waals surface area contributed by atoms with Crippen LogP contribution in [0.2, 0.25) is 0 Å². The Bertz CT molecular complexity index is 414. The first-order valence-corrected chi connectivity index (χ1v) is 6.75. The lowest BCUT2D eigenvalue weighted by Crippen LogP contribution is -2.40. The molecule has 1 fully saturated rings. The van der Waals surface area contributed by atoms with Crippen LogP contribution in [-0.4, -0.2) is 30.4 Å². The van der Waals surface area contributed by atoms with Gasteiger partial charge in [0.15, 0.2) is 0 Å². The average molecular weight is 246 g/mol. The van der Waals surface area contributed by atoms with Crippen LogP contribution in [0, 0.1) is 5.92 Å². The molecule has 1 aliphatic carbocycles. The minimum Gasteiger partial charge on any atom is -0.342 e. The fourth-order valence-electron chi connectivity index (χ4n) is 2.88. The standard InChI is InChI=1S/C15H22N2O/c1-3-17(4-2)14(18)15(10-13(15)11-16)12-8-6-5-7-9-12/h5-9,13H,3-4,10-11,16H2,1-2H3/t13?,15-/m1/s1. The number of benzene rings is 1. The number of carbonyl (C=O) groups is 1. The summed E-state index contributed by atoms with van der Waals surface area (Å²) < 4.78 is 0. The minimum atomic E-state index is -0.345. The van der Waals surface area contributed by atoms with E-state index in [1.807, 2.05) is 36.9 Å². The first-order valence-electron chi connectivity index (χ1n) is 6.75. The number of hydrogen-bond acceptors (Lipinski definition) is 2. The van der Waals surface area contributed by atoms with Crippen LogP contribution in [0.15, 0.2) is 30.3 Å². The molecule has 1 aromatic rings. The van der Waals surface area contributed by atoms with Crippen molar-refractivity contribution in [2.75, 3.05) is 19.6 Å². The highest BCUT2D eigenvalue weighted by atomic mass is 16.2. The first kappa shape index (κ1) is 13.1. The Morgan fingerprint density at radius 3 is 2.39 bits per heavy atom. The van der Waals surface area contributed by atoms with Gasteiger partial charge in [0, 0.05) is 13.1 Å². The predicted octanol–water partition coefficient (Wildman–Crippen LogP) is 1.77. The van der Waals surface area contributed by atoms with Crippen LogP contribution >= 0.6 is 0 Å². The van der Waals surface area contributed by atoms with Gasteiger partial charge in [-0.15, -0.1) is 0 Å². The number of carbonyl (C=O) groups excluding carboxylic acids is 1. The highest BCUT2D eigenvalue weighted by molar-refractivity contribution is 5.92. The Morgan fingerprint density at radius 1 is 1.33 bits per heavy atom. The maximum absolute atomic E-state index is 12.7. The maximum atomic E-state index is 12.7. The molecule has 2 N–H and O–H groups in total. The second-order valence-corrected chi connectivity index (χ2v) is 4.95. The number of nitrogens with zero attached hydrogens (tertiary/aromatic N) is 1. The van der Waals surface area contributed by atoms with E-state index in [-0.39, 0.29) is 11.3 Å². The number of likely N-dealkylation sites (N-methyl/N-ethyl adjacent to an activating group) is 1. The van der Waals surface area contributed by atoms with Crippen LogP contribution in [0.3, 0.4) is 0 Å². The zero-order valence-electron chi connectivity index (χ0n) is 11.2. The van der Waals surface area contributed by atoms with Crippen molar-refractivity contribution in [3.8, 4) is 0 Å².